The second-order valence-electron chi connectivity index (χ2n) is 5.36. The summed E-state index contributed by atoms with van der Waals surface area (Å²) < 4.78 is 1.88. The molecule has 0 atom stereocenters. The minimum absolute atomic E-state index is 0.0141. The van der Waals surface area contributed by atoms with E-state index in [9.17, 15) is 4.79 Å². The number of fused-ring (bicyclic) bond motifs is 1. The quantitative estimate of drug-likeness (QED) is 0.832. The molecule has 2 rings (SSSR count). The molecule has 0 saturated carbocycles. The molecule has 1 aliphatic rings. The SMILES string of the molecule is CCN1CCc2c(cc(CC#N)c(=O)n2C(C)C)C1. The van der Waals surface area contributed by atoms with Crippen molar-refractivity contribution >= 4 is 0 Å². The molecule has 102 valence electrons. The zero-order valence-electron chi connectivity index (χ0n) is 11.9. The molecular formula is C15H21N3O. The third-order valence-electron chi connectivity index (χ3n) is 3.80. The van der Waals surface area contributed by atoms with Crippen LogP contribution in [-0.2, 0) is 19.4 Å². The Hall–Kier alpha value is -1.60. The molecule has 0 N–H and O–H groups in total. The Morgan fingerprint density at radius 2 is 2.21 bits per heavy atom. The van der Waals surface area contributed by atoms with Crippen LogP contribution in [0.2, 0.25) is 0 Å². The maximum atomic E-state index is 12.4. The van der Waals surface area contributed by atoms with Gasteiger partial charge in [0.1, 0.15) is 0 Å². The summed E-state index contributed by atoms with van der Waals surface area (Å²) in [7, 11) is 0. The number of nitriles is 1. The average molecular weight is 259 g/mol. The van der Waals surface area contributed by atoms with E-state index in [-0.39, 0.29) is 18.0 Å². The van der Waals surface area contributed by atoms with Crippen LogP contribution < -0.4 is 5.56 Å². The van der Waals surface area contributed by atoms with Gasteiger partial charge in [0, 0.05) is 36.8 Å². The van der Waals surface area contributed by atoms with Gasteiger partial charge in [0.25, 0.3) is 5.56 Å². The first kappa shape index (κ1) is 13.8. The molecule has 0 amide bonds. The van der Waals surface area contributed by atoms with E-state index in [0.29, 0.717) is 5.56 Å². The molecule has 0 bridgehead atoms. The predicted molar refractivity (Wildman–Crippen MR) is 75.1 cm³/mol. The lowest BCUT2D eigenvalue weighted by atomic mass is 10.0. The molecule has 0 aliphatic carbocycles. The van der Waals surface area contributed by atoms with Crippen LogP contribution >= 0.6 is 0 Å². The number of rotatable bonds is 3. The van der Waals surface area contributed by atoms with Crippen LogP contribution in [0.25, 0.3) is 0 Å². The number of pyridine rings is 1. The van der Waals surface area contributed by atoms with E-state index in [1.165, 1.54) is 5.56 Å². The van der Waals surface area contributed by atoms with E-state index in [1.54, 1.807) is 0 Å². The number of hydrogen-bond acceptors (Lipinski definition) is 3. The first-order valence-electron chi connectivity index (χ1n) is 6.94. The summed E-state index contributed by atoms with van der Waals surface area (Å²) in [6.45, 7) is 9.13. The molecule has 0 saturated heterocycles. The van der Waals surface area contributed by atoms with Gasteiger partial charge in [0.05, 0.1) is 12.5 Å². The second kappa shape index (κ2) is 5.58. The lowest BCUT2D eigenvalue weighted by Crippen LogP contribution is -2.37. The third-order valence-corrected chi connectivity index (χ3v) is 3.80. The largest absolute Gasteiger partial charge is 0.310 e. The van der Waals surface area contributed by atoms with Crippen LogP contribution in [-0.4, -0.2) is 22.6 Å². The Bertz CT molecular complexity index is 566. The highest BCUT2D eigenvalue weighted by molar-refractivity contribution is 5.30. The number of aromatic nitrogens is 1. The third kappa shape index (κ3) is 2.57. The standard InChI is InChI=1S/C15H21N3O/c1-4-17-8-6-14-13(10-17)9-12(5-7-16)15(19)18(14)11(2)3/h9,11H,4-6,8,10H2,1-3H3. The van der Waals surface area contributed by atoms with Crippen LogP contribution in [0.3, 0.4) is 0 Å². The van der Waals surface area contributed by atoms with E-state index in [1.807, 2.05) is 24.5 Å². The van der Waals surface area contributed by atoms with Gasteiger partial charge in [0.15, 0.2) is 0 Å². The van der Waals surface area contributed by atoms with Gasteiger partial charge >= 0.3 is 0 Å². The molecule has 4 nitrogen and oxygen atoms in total. The fourth-order valence-electron chi connectivity index (χ4n) is 2.82. The van der Waals surface area contributed by atoms with Crippen molar-refractivity contribution in [2.24, 2.45) is 0 Å². The summed E-state index contributed by atoms with van der Waals surface area (Å²) in [5, 5.41) is 8.87. The zero-order valence-corrected chi connectivity index (χ0v) is 11.9. The van der Waals surface area contributed by atoms with Gasteiger partial charge in [-0.1, -0.05) is 6.92 Å². The molecule has 1 aromatic rings. The zero-order chi connectivity index (χ0) is 14.0. The first-order valence-corrected chi connectivity index (χ1v) is 6.94. The Balaban J connectivity index is 2.57. The van der Waals surface area contributed by atoms with Gasteiger partial charge in [-0.2, -0.15) is 5.26 Å². The van der Waals surface area contributed by atoms with E-state index < -0.39 is 0 Å². The summed E-state index contributed by atoms with van der Waals surface area (Å²) in [6, 6.07) is 4.19. The molecule has 19 heavy (non-hydrogen) atoms. The minimum atomic E-state index is 0.0141. The molecular weight excluding hydrogens is 238 g/mol. The van der Waals surface area contributed by atoms with Crippen molar-refractivity contribution in [2.75, 3.05) is 13.1 Å². The number of nitrogens with zero attached hydrogens (tertiary/aromatic N) is 3. The molecule has 0 spiro atoms. The van der Waals surface area contributed by atoms with E-state index >= 15 is 0 Å². The number of likely N-dealkylation sites (N-methyl/N-ethyl adjacent to an activating group) is 1. The highest BCUT2D eigenvalue weighted by atomic mass is 16.1. The van der Waals surface area contributed by atoms with Gasteiger partial charge in [-0.25, -0.2) is 0 Å². The highest BCUT2D eigenvalue weighted by Gasteiger charge is 2.21. The van der Waals surface area contributed by atoms with Crippen LogP contribution in [0.5, 0.6) is 0 Å². The molecule has 4 heteroatoms. The van der Waals surface area contributed by atoms with Crippen molar-refractivity contribution in [3.63, 3.8) is 0 Å². The maximum Gasteiger partial charge on any atom is 0.255 e. The van der Waals surface area contributed by atoms with Crippen molar-refractivity contribution in [1.29, 1.82) is 5.26 Å². The molecule has 2 heterocycles. The summed E-state index contributed by atoms with van der Waals surface area (Å²) in [5.41, 5.74) is 3.02. The molecule has 0 aromatic carbocycles. The van der Waals surface area contributed by atoms with Gasteiger partial charge in [0.2, 0.25) is 0 Å². The Morgan fingerprint density at radius 3 is 2.79 bits per heavy atom. The summed E-state index contributed by atoms with van der Waals surface area (Å²) in [6.07, 6.45) is 1.12. The molecule has 0 unspecified atom stereocenters. The highest BCUT2D eigenvalue weighted by Crippen LogP contribution is 2.21. The lowest BCUT2D eigenvalue weighted by molar-refractivity contribution is 0.260. The fraction of sp³-hybridized carbons (Fsp3) is 0.600. The Morgan fingerprint density at radius 1 is 1.47 bits per heavy atom. The normalized spacial score (nSPS) is 15.3. The minimum Gasteiger partial charge on any atom is -0.310 e. The topological polar surface area (TPSA) is 49.0 Å². The summed E-state index contributed by atoms with van der Waals surface area (Å²) in [5.74, 6) is 0. The van der Waals surface area contributed by atoms with Crippen LogP contribution in [0, 0.1) is 11.3 Å². The van der Waals surface area contributed by atoms with Crippen molar-refractivity contribution in [1.82, 2.24) is 9.47 Å². The molecule has 1 aromatic heterocycles. The first-order chi connectivity index (χ1) is 9.08. The Labute approximate surface area is 114 Å². The van der Waals surface area contributed by atoms with Gasteiger partial charge in [-0.3, -0.25) is 9.69 Å². The monoisotopic (exact) mass is 259 g/mol. The second-order valence-corrected chi connectivity index (χ2v) is 5.36. The van der Waals surface area contributed by atoms with Gasteiger partial charge < -0.3 is 4.57 Å². The van der Waals surface area contributed by atoms with E-state index in [2.05, 4.69) is 17.9 Å². The molecule has 0 fully saturated rings. The van der Waals surface area contributed by atoms with Crippen LogP contribution in [0.4, 0.5) is 0 Å². The average Bonchev–Trinajstić information content (AvgIpc) is 2.39. The van der Waals surface area contributed by atoms with Crippen LogP contribution in [0.15, 0.2) is 10.9 Å². The summed E-state index contributed by atoms with van der Waals surface area (Å²) in [4.78, 5) is 14.8. The van der Waals surface area contributed by atoms with E-state index in [4.69, 9.17) is 5.26 Å². The smallest absolute Gasteiger partial charge is 0.255 e. The van der Waals surface area contributed by atoms with E-state index in [0.717, 1.165) is 31.7 Å². The van der Waals surface area contributed by atoms with Crippen molar-refractivity contribution in [3.05, 3.63) is 33.2 Å². The fourth-order valence-corrected chi connectivity index (χ4v) is 2.82. The molecule has 1 aliphatic heterocycles. The van der Waals surface area contributed by atoms with Gasteiger partial charge in [-0.15, -0.1) is 0 Å². The van der Waals surface area contributed by atoms with Crippen molar-refractivity contribution < 1.29 is 0 Å². The lowest BCUT2D eigenvalue weighted by Gasteiger charge is -2.31. The predicted octanol–water partition coefficient (Wildman–Crippen LogP) is 1.87. The number of hydrogen-bond donors (Lipinski definition) is 0. The van der Waals surface area contributed by atoms with Crippen molar-refractivity contribution in [3.8, 4) is 6.07 Å². The van der Waals surface area contributed by atoms with Gasteiger partial charge in [-0.05, 0) is 32.0 Å². The van der Waals surface area contributed by atoms with Crippen molar-refractivity contribution in [2.45, 2.75) is 46.2 Å². The maximum absolute atomic E-state index is 12.4. The molecule has 0 radical (unpaired) electrons. The Kier molecular flexibility index (Phi) is 4.06. The van der Waals surface area contributed by atoms with Crippen LogP contribution in [0.1, 0.15) is 43.6 Å². The summed E-state index contributed by atoms with van der Waals surface area (Å²) >= 11 is 0.